The largest absolute Gasteiger partial charge is 0.497 e. The van der Waals surface area contributed by atoms with Crippen LogP contribution in [0.4, 0.5) is 5.69 Å². The van der Waals surface area contributed by atoms with Crippen LogP contribution in [0.15, 0.2) is 18.2 Å². The number of hydrogen-bond donors (Lipinski definition) is 3. The molecule has 1 atom stereocenters. The number of aromatic nitrogens is 3. The Morgan fingerprint density at radius 3 is 2.55 bits per heavy atom. The first-order valence-electron chi connectivity index (χ1n) is 5.71. The summed E-state index contributed by atoms with van der Waals surface area (Å²) < 4.78 is 5.12. The van der Waals surface area contributed by atoms with Crippen LogP contribution in [-0.4, -0.2) is 38.2 Å². The van der Waals surface area contributed by atoms with Crippen molar-refractivity contribution in [2.45, 2.75) is 5.92 Å². The van der Waals surface area contributed by atoms with Crippen LogP contribution < -0.4 is 10.1 Å². The molecule has 0 spiro atoms. The predicted octanol–water partition coefficient (Wildman–Crippen LogP) is 0.375. The van der Waals surface area contributed by atoms with Gasteiger partial charge in [-0.15, -0.1) is 4.98 Å². The molecule has 0 saturated carbocycles. The molecule has 0 radical (unpaired) electrons. The molecule has 0 bridgehead atoms. The van der Waals surface area contributed by atoms with E-state index in [1.165, 1.54) is 7.11 Å². The molecule has 3 N–H and O–H groups in total. The normalized spacial score (nSPS) is 16.6. The Morgan fingerprint density at radius 1 is 1.20 bits per heavy atom. The van der Waals surface area contributed by atoms with Crippen molar-refractivity contribution in [1.82, 2.24) is 15.0 Å². The maximum absolute atomic E-state index is 12.0. The van der Waals surface area contributed by atoms with Gasteiger partial charge in [-0.2, -0.15) is 9.97 Å². The van der Waals surface area contributed by atoms with Crippen LogP contribution in [0.2, 0.25) is 0 Å². The van der Waals surface area contributed by atoms with Crippen molar-refractivity contribution in [2.24, 2.45) is 0 Å². The van der Waals surface area contributed by atoms with E-state index >= 15 is 0 Å². The molecule has 8 heteroatoms. The summed E-state index contributed by atoms with van der Waals surface area (Å²) in [6.07, 6.45) is 0. The maximum Gasteiger partial charge on any atom is 0.320 e. The van der Waals surface area contributed by atoms with E-state index in [-0.39, 0.29) is 11.7 Å². The van der Waals surface area contributed by atoms with Crippen LogP contribution in [0, 0.1) is 0 Å². The summed E-state index contributed by atoms with van der Waals surface area (Å²) in [5.74, 6) is -0.634. The number of nitrogens with one attached hydrogen (secondary N) is 1. The second kappa shape index (κ2) is 4.34. The van der Waals surface area contributed by atoms with Crippen molar-refractivity contribution < 1.29 is 19.7 Å². The Labute approximate surface area is 113 Å². The van der Waals surface area contributed by atoms with Crippen molar-refractivity contribution in [2.75, 3.05) is 12.4 Å². The lowest BCUT2D eigenvalue weighted by Gasteiger charge is -2.08. The summed E-state index contributed by atoms with van der Waals surface area (Å²) in [5, 5.41) is 21.3. The number of carbonyl (C=O) groups excluding carboxylic acids is 1. The fourth-order valence-corrected chi connectivity index (χ4v) is 2.12. The van der Waals surface area contributed by atoms with E-state index in [1.807, 2.05) is 0 Å². The Balaban J connectivity index is 2.13. The number of ether oxygens (including phenoxy) is 1. The number of rotatable bonds is 2. The monoisotopic (exact) mass is 274 g/mol. The molecule has 0 saturated heterocycles. The van der Waals surface area contributed by atoms with Gasteiger partial charge in [-0.1, -0.05) is 0 Å². The minimum absolute atomic E-state index is 0.0282. The number of anilines is 1. The van der Waals surface area contributed by atoms with E-state index < -0.39 is 17.9 Å². The zero-order valence-corrected chi connectivity index (χ0v) is 10.4. The topological polar surface area (TPSA) is 117 Å². The lowest BCUT2D eigenvalue weighted by atomic mass is 9.99. The van der Waals surface area contributed by atoms with Gasteiger partial charge in [0, 0.05) is 5.69 Å². The van der Waals surface area contributed by atoms with Gasteiger partial charge in [-0.3, -0.25) is 4.79 Å². The fourth-order valence-electron chi connectivity index (χ4n) is 2.12. The van der Waals surface area contributed by atoms with Crippen LogP contribution in [0.3, 0.4) is 0 Å². The molecule has 2 aromatic rings. The standard InChI is InChI=1S/C12H10N4O4/c1-20-5-2-3-7-6(4-5)8(10(17)13-7)9-14-11(18)16-12(19)15-9/h2-4,8H,1H3,(H,13,17)(H2,14,15,16,18,19). The van der Waals surface area contributed by atoms with Crippen molar-refractivity contribution >= 4 is 11.6 Å². The van der Waals surface area contributed by atoms with Gasteiger partial charge in [0.05, 0.1) is 7.11 Å². The smallest absolute Gasteiger partial charge is 0.320 e. The van der Waals surface area contributed by atoms with Gasteiger partial charge in [0.25, 0.3) is 0 Å². The van der Waals surface area contributed by atoms with Crippen LogP contribution in [0.5, 0.6) is 17.8 Å². The van der Waals surface area contributed by atoms with Gasteiger partial charge >= 0.3 is 12.0 Å². The molecular weight excluding hydrogens is 264 g/mol. The molecule has 1 aliphatic heterocycles. The summed E-state index contributed by atoms with van der Waals surface area (Å²) in [4.78, 5) is 22.7. The highest BCUT2D eigenvalue weighted by atomic mass is 16.5. The molecule has 0 aliphatic carbocycles. The highest BCUT2D eigenvalue weighted by Gasteiger charge is 2.35. The van der Waals surface area contributed by atoms with E-state index in [0.29, 0.717) is 17.0 Å². The van der Waals surface area contributed by atoms with Crippen LogP contribution in [0.25, 0.3) is 0 Å². The van der Waals surface area contributed by atoms with E-state index in [9.17, 15) is 15.0 Å². The average Bonchev–Trinajstić information content (AvgIpc) is 2.72. The Morgan fingerprint density at radius 2 is 1.90 bits per heavy atom. The number of amides is 1. The first-order valence-corrected chi connectivity index (χ1v) is 5.71. The molecule has 1 unspecified atom stereocenters. The van der Waals surface area contributed by atoms with Crippen molar-refractivity contribution in [1.29, 1.82) is 0 Å². The maximum atomic E-state index is 12.0. The number of hydrogen-bond acceptors (Lipinski definition) is 7. The second-order valence-corrected chi connectivity index (χ2v) is 4.17. The first-order chi connectivity index (χ1) is 9.58. The Hall–Kier alpha value is -2.90. The third-order valence-corrected chi connectivity index (χ3v) is 2.98. The number of methoxy groups -OCH3 is 1. The quantitative estimate of drug-likeness (QED) is 0.724. The molecule has 0 fully saturated rings. The highest BCUT2D eigenvalue weighted by Crippen LogP contribution is 2.38. The molecule has 1 amide bonds. The van der Waals surface area contributed by atoms with Crippen molar-refractivity contribution in [3.05, 3.63) is 29.6 Å². The van der Waals surface area contributed by atoms with E-state index in [4.69, 9.17) is 4.74 Å². The molecule has 102 valence electrons. The minimum atomic E-state index is -0.833. The van der Waals surface area contributed by atoms with Gasteiger partial charge in [-0.05, 0) is 23.8 Å². The van der Waals surface area contributed by atoms with E-state index in [1.54, 1.807) is 18.2 Å². The van der Waals surface area contributed by atoms with Gasteiger partial charge in [-0.25, -0.2) is 0 Å². The lowest BCUT2D eigenvalue weighted by Crippen LogP contribution is -2.16. The van der Waals surface area contributed by atoms with Gasteiger partial charge < -0.3 is 20.3 Å². The van der Waals surface area contributed by atoms with Gasteiger partial charge in [0.2, 0.25) is 5.91 Å². The Bertz CT molecular complexity index is 684. The summed E-state index contributed by atoms with van der Waals surface area (Å²) in [6, 6.07) is 3.81. The third-order valence-electron chi connectivity index (χ3n) is 2.98. The summed E-state index contributed by atoms with van der Waals surface area (Å²) >= 11 is 0. The summed E-state index contributed by atoms with van der Waals surface area (Å²) in [6.45, 7) is 0. The first kappa shape index (κ1) is 12.2. The molecule has 20 heavy (non-hydrogen) atoms. The van der Waals surface area contributed by atoms with Crippen LogP contribution >= 0.6 is 0 Å². The second-order valence-electron chi connectivity index (χ2n) is 4.17. The number of nitrogens with zero attached hydrogens (tertiary/aromatic N) is 3. The molecule has 3 rings (SSSR count). The molecule has 1 aromatic heterocycles. The number of benzene rings is 1. The molecule has 1 aromatic carbocycles. The molecule has 1 aliphatic rings. The molecular formula is C12H10N4O4. The van der Waals surface area contributed by atoms with E-state index in [2.05, 4.69) is 20.3 Å². The zero-order valence-electron chi connectivity index (χ0n) is 10.4. The number of fused-ring (bicyclic) bond motifs is 1. The minimum Gasteiger partial charge on any atom is -0.497 e. The van der Waals surface area contributed by atoms with Crippen molar-refractivity contribution in [3.8, 4) is 17.8 Å². The van der Waals surface area contributed by atoms with Crippen LogP contribution in [0.1, 0.15) is 17.3 Å². The SMILES string of the molecule is COc1ccc2c(c1)C(c1nc(O)nc(O)n1)C(=O)N2. The lowest BCUT2D eigenvalue weighted by molar-refractivity contribution is -0.116. The van der Waals surface area contributed by atoms with Gasteiger partial charge in [0.15, 0.2) is 5.82 Å². The fraction of sp³-hybridized carbons (Fsp3) is 0.167. The number of carbonyl (C=O) groups is 1. The van der Waals surface area contributed by atoms with E-state index in [0.717, 1.165) is 0 Å². The predicted molar refractivity (Wildman–Crippen MR) is 66.6 cm³/mol. The Kier molecular flexibility index (Phi) is 2.63. The summed E-state index contributed by atoms with van der Waals surface area (Å²) in [5.41, 5.74) is 1.22. The summed E-state index contributed by atoms with van der Waals surface area (Å²) in [7, 11) is 1.52. The molecule has 8 nitrogen and oxygen atoms in total. The number of aromatic hydroxyl groups is 2. The third kappa shape index (κ3) is 1.87. The van der Waals surface area contributed by atoms with Crippen LogP contribution in [-0.2, 0) is 4.79 Å². The molecule has 2 heterocycles. The zero-order chi connectivity index (χ0) is 14.3. The van der Waals surface area contributed by atoms with Gasteiger partial charge in [0.1, 0.15) is 11.7 Å². The average molecular weight is 274 g/mol. The highest BCUT2D eigenvalue weighted by molar-refractivity contribution is 6.04. The van der Waals surface area contributed by atoms with Crippen molar-refractivity contribution in [3.63, 3.8) is 0 Å².